The molecule has 1 amide bonds. The van der Waals surface area contributed by atoms with Crippen molar-refractivity contribution in [2.24, 2.45) is 0 Å². The number of ether oxygens (including phenoxy) is 1. The molecule has 0 radical (unpaired) electrons. The predicted octanol–water partition coefficient (Wildman–Crippen LogP) is 2.64. The highest BCUT2D eigenvalue weighted by molar-refractivity contribution is 9.09. The van der Waals surface area contributed by atoms with Crippen LogP contribution in [-0.4, -0.2) is 28.8 Å². The fraction of sp³-hybridized carbons (Fsp3) is 0.818. The summed E-state index contributed by atoms with van der Waals surface area (Å²) in [6.07, 6.45) is 0.920. The third kappa shape index (κ3) is 6.82. The molecule has 0 bridgehead atoms. The van der Waals surface area contributed by atoms with Crippen molar-refractivity contribution in [3.63, 3.8) is 0 Å². The van der Waals surface area contributed by atoms with E-state index >= 15 is 0 Å². The topological polar surface area (TPSA) is 55.4 Å². The molecule has 0 fully saturated rings. The van der Waals surface area contributed by atoms with E-state index in [9.17, 15) is 9.59 Å². The SMILES string of the molecule is CCCC(NC(=O)OC(C)(C)C)C(=O)CBr. The Morgan fingerprint density at radius 2 is 1.94 bits per heavy atom. The van der Waals surface area contributed by atoms with Crippen molar-refractivity contribution in [3.05, 3.63) is 0 Å². The molecule has 0 saturated carbocycles. The van der Waals surface area contributed by atoms with E-state index in [1.165, 1.54) is 0 Å². The Kier molecular flexibility index (Phi) is 6.64. The third-order valence-electron chi connectivity index (χ3n) is 1.79. The van der Waals surface area contributed by atoms with E-state index in [1.54, 1.807) is 20.8 Å². The Balaban J connectivity index is 4.29. The number of carbonyl (C=O) groups is 2. The number of carbonyl (C=O) groups excluding carboxylic acids is 2. The number of hydrogen-bond donors (Lipinski definition) is 1. The minimum absolute atomic E-state index is 0.0345. The van der Waals surface area contributed by atoms with Crippen LogP contribution in [-0.2, 0) is 9.53 Å². The summed E-state index contributed by atoms with van der Waals surface area (Å²) in [6.45, 7) is 7.32. The van der Waals surface area contributed by atoms with Crippen LogP contribution in [0.5, 0.6) is 0 Å². The summed E-state index contributed by atoms with van der Waals surface area (Å²) in [6, 6.07) is -0.459. The zero-order valence-corrected chi connectivity index (χ0v) is 11.9. The van der Waals surface area contributed by atoms with Crippen molar-refractivity contribution >= 4 is 27.8 Å². The summed E-state index contributed by atoms with van der Waals surface area (Å²) in [5, 5.41) is 2.83. The Morgan fingerprint density at radius 3 is 2.31 bits per heavy atom. The number of hydrogen-bond acceptors (Lipinski definition) is 3. The van der Waals surface area contributed by atoms with Crippen molar-refractivity contribution in [2.45, 2.75) is 52.2 Å². The molecule has 94 valence electrons. The van der Waals surface area contributed by atoms with Gasteiger partial charge >= 0.3 is 6.09 Å². The number of rotatable bonds is 5. The minimum Gasteiger partial charge on any atom is -0.444 e. The van der Waals surface area contributed by atoms with Crippen LogP contribution in [0.25, 0.3) is 0 Å². The smallest absolute Gasteiger partial charge is 0.408 e. The number of alkyl carbamates (subject to hydrolysis) is 1. The number of ketones is 1. The van der Waals surface area contributed by atoms with Crippen molar-refractivity contribution in [1.82, 2.24) is 5.32 Å². The lowest BCUT2D eigenvalue weighted by Crippen LogP contribution is -2.43. The highest BCUT2D eigenvalue weighted by Gasteiger charge is 2.22. The maximum Gasteiger partial charge on any atom is 0.408 e. The van der Waals surface area contributed by atoms with E-state index in [0.717, 1.165) is 6.42 Å². The number of amides is 1. The molecule has 1 atom stereocenters. The highest BCUT2D eigenvalue weighted by atomic mass is 79.9. The minimum atomic E-state index is -0.543. The van der Waals surface area contributed by atoms with E-state index in [1.807, 2.05) is 6.92 Å². The van der Waals surface area contributed by atoms with Crippen LogP contribution < -0.4 is 5.32 Å². The standard InChI is InChI=1S/C11H20BrNO3/c1-5-6-8(9(14)7-12)13-10(15)16-11(2,3)4/h8H,5-7H2,1-4H3,(H,13,15). The maximum absolute atomic E-state index is 11.5. The van der Waals surface area contributed by atoms with Crippen molar-refractivity contribution in [2.75, 3.05) is 5.33 Å². The molecule has 4 nitrogen and oxygen atoms in total. The van der Waals surface area contributed by atoms with Gasteiger partial charge in [0.15, 0.2) is 5.78 Å². The molecular weight excluding hydrogens is 274 g/mol. The molecule has 1 unspecified atom stereocenters. The number of nitrogens with one attached hydrogen (secondary N) is 1. The molecule has 1 N–H and O–H groups in total. The fourth-order valence-corrected chi connectivity index (χ4v) is 1.54. The van der Waals surface area contributed by atoms with Gasteiger partial charge in [0.05, 0.1) is 11.4 Å². The van der Waals surface area contributed by atoms with Crippen LogP contribution in [0.1, 0.15) is 40.5 Å². The van der Waals surface area contributed by atoms with Crippen LogP contribution in [0.2, 0.25) is 0 Å². The summed E-state index contributed by atoms with van der Waals surface area (Å²) in [5.74, 6) is -0.0345. The van der Waals surface area contributed by atoms with Gasteiger partial charge in [-0.25, -0.2) is 4.79 Å². The lowest BCUT2D eigenvalue weighted by atomic mass is 10.1. The first-order valence-corrected chi connectivity index (χ1v) is 6.50. The van der Waals surface area contributed by atoms with Crippen LogP contribution in [0.3, 0.4) is 0 Å². The molecule has 0 saturated heterocycles. The molecular formula is C11H20BrNO3. The second-order valence-corrected chi connectivity index (χ2v) is 5.15. The first-order valence-electron chi connectivity index (χ1n) is 5.38. The number of halogens is 1. The molecule has 0 aliphatic rings. The van der Waals surface area contributed by atoms with Gasteiger partial charge in [-0.15, -0.1) is 0 Å². The first kappa shape index (κ1) is 15.4. The summed E-state index contributed by atoms with van der Waals surface area (Å²) >= 11 is 3.10. The zero-order valence-electron chi connectivity index (χ0n) is 10.3. The molecule has 5 heteroatoms. The second-order valence-electron chi connectivity index (χ2n) is 4.59. The van der Waals surface area contributed by atoms with Gasteiger partial charge in [0.25, 0.3) is 0 Å². The van der Waals surface area contributed by atoms with Crippen molar-refractivity contribution in [3.8, 4) is 0 Å². The van der Waals surface area contributed by atoms with Crippen LogP contribution in [0.4, 0.5) is 4.79 Å². The van der Waals surface area contributed by atoms with E-state index in [-0.39, 0.29) is 11.1 Å². The zero-order chi connectivity index (χ0) is 12.8. The fourth-order valence-electron chi connectivity index (χ4n) is 1.15. The quantitative estimate of drug-likeness (QED) is 0.793. The normalized spacial score (nSPS) is 13.1. The summed E-state index contributed by atoms with van der Waals surface area (Å²) in [4.78, 5) is 22.9. The van der Waals surface area contributed by atoms with Crippen LogP contribution >= 0.6 is 15.9 Å². The first-order chi connectivity index (χ1) is 7.30. The molecule has 16 heavy (non-hydrogen) atoms. The van der Waals surface area contributed by atoms with Gasteiger partial charge < -0.3 is 10.1 Å². The van der Waals surface area contributed by atoms with Crippen molar-refractivity contribution < 1.29 is 14.3 Å². The lowest BCUT2D eigenvalue weighted by molar-refractivity contribution is -0.118. The lowest BCUT2D eigenvalue weighted by Gasteiger charge is -2.22. The van der Waals surface area contributed by atoms with Crippen LogP contribution in [0, 0.1) is 0 Å². The monoisotopic (exact) mass is 293 g/mol. The average Bonchev–Trinajstić information content (AvgIpc) is 2.13. The Bertz CT molecular complexity index is 248. The van der Waals surface area contributed by atoms with Gasteiger partial charge in [-0.3, -0.25) is 4.79 Å². The van der Waals surface area contributed by atoms with Gasteiger partial charge in [0.1, 0.15) is 5.60 Å². The molecule has 0 rings (SSSR count). The molecule has 0 heterocycles. The van der Waals surface area contributed by atoms with E-state index in [2.05, 4.69) is 21.2 Å². The summed E-state index contributed by atoms with van der Waals surface area (Å²) in [7, 11) is 0. The summed E-state index contributed by atoms with van der Waals surface area (Å²) < 4.78 is 5.09. The van der Waals surface area contributed by atoms with Gasteiger partial charge in [0, 0.05) is 0 Å². The molecule has 0 aromatic carbocycles. The molecule has 0 aromatic rings. The molecule has 0 spiro atoms. The highest BCUT2D eigenvalue weighted by Crippen LogP contribution is 2.08. The maximum atomic E-state index is 11.5. The van der Waals surface area contributed by atoms with Gasteiger partial charge in [-0.05, 0) is 27.2 Å². The Labute approximate surface area is 105 Å². The van der Waals surface area contributed by atoms with Gasteiger partial charge in [-0.1, -0.05) is 29.3 Å². The number of Topliss-reactive ketones (excluding diaryl/α,β-unsaturated/α-hetero) is 1. The van der Waals surface area contributed by atoms with Crippen molar-refractivity contribution in [1.29, 1.82) is 0 Å². The molecule has 0 aliphatic heterocycles. The molecule has 0 aliphatic carbocycles. The number of alkyl halides is 1. The Hall–Kier alpha value is -0.580. The van der Waals surface area contributed by atoms with E-state index in [0.29, 0.717) is 6.42 Å². The Morgan fingerprint density at radius 1 is 1.38 bits per heavy atom. The largest absolute Gasteiger partial charge is 0.444 e. The van der Waals surface area contributed by atoms with E-state index < -0.39 is 17.7 Å². The van der Waals surface area contributed by atoms with E-state index in [4.69, 9.17) is 4.74 Å². The predicted molar refractivity (Wildman–Crippen MR) is 66.9 cm³/mol. The second kappa shape index (κ2) is 6.89. The third-order valence-corrected chi connectivity index (χ3v) is 2.34. The molecule has 0 aromatic heterocycles. The summed E-state index contributed by atoms with van der Waals surface area (Å²) in [5.41, 5.74) is -0.543. The van der Waals surface area contributed by atoms with Gasteiger partial charge in [0.2, 0.25) is 0 Å². The van der Waals surface area contributed by atoms with Crippen LogP contribution in [0.15, 0.2) is 0 Å². The van der Waals surface area contributed by atoms with Gasteiger partial charge in [-0.2, -0.15) is 0 Å². The average molecular weight is 294 g/mol.